The SMILES string of the molecule is CC.Cc1ccc(C)c(C)c1.Cc1ccccc1. The zero-order valence-electron chi connectivity index (χ0n) is 12.6. The summed E-state index contributed by atoms with van der Waals surface area (Å²) in [5.41, 5.74) is 5.43. The average molecular weight is 242 g/mol. The van der Waals surface area contributed by atoms with Crippen LogP contribution in [0.25, 0.3) is 0 Å². The molecule has 0 radical (unpaired) electrons. The molecule has 0 aliphatic heterocycles. The Morgan fingerprint density at radius 1 is 0.556 bits per heavy atom. The molecule has 2 aromatic carbocycles. The Kier molecular flexibility index (Phi) is 8.65. The van der Waals surface area contributed by atoms with Crippen LogP contribution in [-0.4, -0.2) is 0 Å². The van der Waals surface area contributed by atoms with Gasteiger partial charge in [-0.25, -0.2) is 0 Å². The van der Waals surface area contributed by atoms with Crippen LogP contribution in [0, 0.1) is 27.7 Å². The zero-order chi connectivity index (χ0) is 14.0. The van der Waals surface area contributed by atoms with Crippen molar-refractivity contribution in [2.24, 2.45) is 0 Å². The lowest BCUT2D eigenvalue weighted by molar-refractivity contribution is 1.30. The molecule has 98 valence electrons. The molecule has 0 heteroatoms. The van der Waals surface area contributed by atoms with Crippen LogP contribution in [0.3, 0.4) is 0 Å². The third kappa shape index (κ3) is 6.90. The number of benzene rings is 2. The Labute approximate surface area is 113 Å². The second-order valence-corrected chi connectivity index (χ2v) is 4.24. The summed E-state index contributed by atoms with van der Waals surface area (Å²) in [7, 11) is 0. The highest BCUT2D eigenvalue weighted by atomic mass is 13.9. The smallest absolute Gasteiger partial charge is 0.0395 e. The Bertz CT molecular complexity index is 427. The Morgan fingerprint density at radius 3 is 1.44 bits per heavy atom. The van der Waals surface area contributed by atoms with E-state index in [-0.39, 0.29) is 0 Å². The summed E-state index contributed by atoms with van der Waals surface area (Å²) in [6, 6.07) is 16.8. The Hall–Kier alpha value is -1.56. The lowest BCUT2D eigenvalue weighted by Crippen LogP contribution is -1.79. The summed E-state index contributed by atoms with van der Waals surface area (Å²) in [5.74, 6) is 0. The van der Waals surface area contributed by atoms with E-state index >= 15 is 0 Å². The molecule has 2 aromatic rings. The van der Waals surface area contributed by atoms with E-state index in [2.05, 4.69) is 58.0 Å². The minimum Gasteiger partial charge on any atom is -0.0683 e. The van der Waals surface area contributed by atoms with Crippen LogP contribution < -0.4 is 0 Å². The molecule has 0 N–H and O–H groups in total. The first kappa shape index (κ1) is 16.4. The summed E-state index contributed by atoms with van der Waals surface area (Å²) in [4.78, 5) is 0. The molecule has 0 aliphatic carbocycles. The third-order valence-electron chi connectivity index (χ3n) is 2.60. The normalized spacial score (nSPS) is 8.56. The molecule has 0 unspecified atom stereocenters. The topological polar surface area (TPSA) is 0 Å². The summed E-state index contributed by atoms with van der Waals surface area (Å²) in [6.45, 7) is 12.5. The molecule has 0 heterocycles. The first-order chi connectivity index (χ1) is 8.59. The molecule has 0 atom stereocenters. The fourth-order valence-corrected chi connectivity index (χ4v) is 1.43. The number of hydrogen-bond acceptors (Lipinski definition) is 0. The molecule has 0 fully saturated rings. The van der Waals surface area contributed by atoms with Crippen LogP contribution in [0.15, 0.2) is 48.5 Å². The predicted molar refractivity (Wildman–Crippen MR) is 83.2 cm³/mol. The van der Waals surface area contributed by atoms with E-state index in [1.54, 1.807) is 0 Å². The monoisotopic (exact) mass is 242 g/mol. The lowest BCUT2D eigenvalue weighted by atomic mass is 10.1. The zero-order valence-corrected chi connectivity index (χ0v) is 12.6. The summed E-state index contributed by atoms with van der Waals surface area (Å²) >= 11 is 0. The van der Waals surface area contributed by atoms with Crippen LogP contribution in [0.4, 0.5) is 0 Å². The van der Waals surface area contributed by atoms with Gasteiger partial charge in [0.2, 0.25) is 0 Å². The fraction of sp³-hybridized carbons (Fsp3) is 0.333. The maximum absolute atomic E-state index is 2.20. The van der Waals surface area contributed by atoms with Gasteiger partial charge in [-0.3, -0.25) is 0 Å². The standard InChI is InChI=1S/C9H12.C7H8.C2H6/c1-7-4-5-8(2)9(3)6-7;1-7-5-3-2-4-6-7;1-2/h4-6H,1-3H3;2-6H,1H3;1-2H3. The average Bonchev–Trinajstić information content (AvgIpc) is 2.38. The van der Waals surface area contributed by atoms with E-state index < -0.39 is 0 Å². The summed E-state index contributed by atoms with van der Waals surface area (Å²) in [6.07, 6.45) is 0. The second-order valence-electron chi connectivity index (χ2n) is 4.24. The van der Waals surface area contributed by atoms with Gasteiger partial charge in [0.05, 0.1) is 0 Å². The van der Waals surface area contributed by atoms with Crippen molar-refractivity contribution in [3.05, 3.63) is 70.8 Å². The molecule has 0 saturated heterocycles. The van der Waals surface area contributed by atoms with Crippen molar-refractivity contribution in [2.75, 3.05) is 0 Å². The van der Waals surface area contributed by atoms with Crippen LogP contribution in [0.2, 0.25) is 0 Å². The van der Waals surface area contributed by atoms with Gasteiger partial charge in [0, 0.05) is 0 Å². The third-order valence-corrected chi connectivity index (χ3v) is 2.60. The van der Waals surface area contributed by atoms with Crippen molar-refractivity contribution >= 4 is 0 Å². The van der Waals surface area contributed by atoms with E-state index in [4.69, 9.17) is 0 Å². The quantitative estimate of drug-likeness (QED) is 0.561. The van der Waals surface area contributed by atoms with Gasteiger partial charge >= 0.3 is 0 Å². The van der Waals surface area contributed by atoms with Gasteiger partial charge in [-0.2, -0.15) is 0 Å². The maximum atomic E-state index is 2.20. The highest BCUT2D eigenvalue weighted by Gasteiger charge is 1.89. The maximum Gasteiger partial charge on any atom is -0.0395 e. The van der Waals surface area contributed by atoms with E-state index in [9.17, 15) is 0 Å². The van der Waals surface area contributed by atoms with Gasteiger partial charge in [-0.15, -0.1) is 0 Å². The van der Waals surface area contributed by atoms with Crippen molar-refractivity contribution in [2.45, 2.75) is 41.5 Å². The van der Waals surface area contributed by atoms with Crippen molar-refractivity contribution in [3.8, 4) is 0 Å². The molecule has 0 spiro atoms. The van der Waals surface area contributed by atoms with E-state index in [1.807, 2.05) is 32.0 Å². The van der Waals surface area contributed by atoms with E-state index in [1.165, 1.54) is 22.3 Å². The van der Waals surface area contributed by atoms with Crippen LogP contribution in [0.5, 0.6) is 0 Å². The largest absolute Gasteiger partial charge is 0.0683 e. The van der Waals surface area contributed by atoms with Gasteiger partial charge < -0.3 is 0 Å². The first-order valence-corrected chi connectivity index (χ1v) is 6.65. The molecule has 0 amide bonds. The number of hydrogen-bond donors (Lipinski definition) is 0. The summed E-state index contributed by atoms with van der Waals surface area (Å²) < 4.78 is 0. The number of rotatable bonds is 0. The van der Waals surface area contributed by atoms with E-state index in [0.717, 1.165) is 0 Å². The Morgan fingerprint density at radius 2 is 1.11 bits per heavy atom. The van der Waals surface area contributed by atoms with Crippen molar-refractivity contribution in [1.82, 2.24) is 0 Å². The van der Waals surface area contributed by atoms with Gasteiger partial charge in [0.1, 0.15) is 0 Å². The predicted octanol–water partition coefficient (Wildman–Crippen LogP) is 5.63. The highest BCUT2D eigenvalue weighted by molar-refractivity contribution is 5.28. The number of aryl methyl sites for hydroxylation is 4. The van der Waals surface area contributed by atoms with Crippen molar-refractivity contribution in [1.29, 1.82) is 0 Å². The molecule has 2 rings (SSSR count). The fourth-order valence-electron chi connectivity index (χ4n) is 1.43. The highest BCUT2D eigenvalue weighted by Crippen LogP contribution is 2.07. The van der Waals surface area contributed by atoms with E-state index in [0.29, 0.717) is 0 Å². The van der Waals surface area contributed by atoms with Crippen LogP contribution in [0.1, 0.15) is 36.1 Å². The Balaban J connectivity index is 0.000000289. The second kappa shape index (κ2) is 9.47. The van der Waals surface area contributed by atoms with Crippen molar-refractivity contribution in [3.63, 3.8) is 0 Å². The molecule has 0 nitrogen and oxygen atoms in total. The van der Waals surface area contributed by atoms with Crippen molar-refractivity contribution < 1.29 is 0 Å². The lowest BCUT2D eigenvalue weighted by Gasteiger charge is -1.98. The van der Waals surface area contributed by atoms with Gasteiger partial charge in [0.25, 0.3) is 0 Å². The molecule has 18 heavy (non-hydrogen) atoms. The molecule has 0 aliphatic rings. The molecule has 0 saturated carbocycles. The molecule has 0 aromatic heterocycles. The molecule has 0 bridgehead atoms. The van der Waals surface area contributed by atoms with Crippen LogP contribution in [-0.2, 0) is 0 Å². The van der Waals surface area contributed by atoms with Crippen LogP contribution >= 0.6 is 0 Å². The minimum absolute atomic E-state index is 1.32. The minimum atomic E-state index is 1.32. The van der Waals surface area contributed by atoms with Gasteiger partial charge in [0.15, 0.2) is 0 Å². The molecular formula is C18H26. The van der Waals surface area contributed by atoms with Gasteiger partial charge in [-0.05, 0) is 38.8 Å². The summed E-state index contributed by atoms with van der Waals surface area (Å²) in [5, 5.41) is 0. The molecular weight excluding hydrogens is 216 g/mol. The first-order valence-electron chi connectivity index (χ1n) is 6.65. The van der Waals surface area contributed by atoms with Gasteiger partial charge in [-0.1, -0.05) is 73.5 Å².